The summed E-state index contributed by atoms with van der Waals surface area (Å²) in [5.74, 6) is -0.947. The van der Waals surface area contributed by atoms with Crippen molar-refractivity contribution in [3.63, 3.8) is 0 Å². The second-order valence-corrected chi connectivity index (χ2v) is 11.2. The van der Waals surface area contributed by atoms with Crippen molar-refractivity contribution >= 4 is 27.6 Å². The Morgan fingerprint density at radius 2 is 1.86 bits per heavy atom. The van der Waals surface area contributed by atoms with Gasteiger partial charge in [-0.2, -0.15) is 0 Å². The first-order valence-electron chi connectivity index (χ1n) is 11.7. The van der Waals surface area contributed by atoms with E-state index < -0.39 is 34.4 Å². The predicted octanol–water partition coefficient (Wildman–Crippen LogP) is 5.10. The van der Waals surface area contributed by atoms with Crippen LogP contribution >= 0.6 is 0 Å². The van der Waals surface area contributed by atoms with Crippen molar-refractivity contribution in [2.45, 2.75) is 58.0 Å². The van der Waals surface area contributed by atoms with Gasteiger partial charge in [-0.25, -0.2) is 22.4 Å². The summed E-state index contributed by atoms with van der Waals surface area (Å²) < 4.78 is 52.3. The second-order valence-electron chi connectivity index (χ2n) is 9.49. The van der Waals surface area contributed by atoms with Crippen LogP contribution in [-0.4, -0.2) is 33.1 Å². The summed E-state index contributed by atoms with van der Waals surface area (Å²) in [4.78, 5) is 25.0. The molecule has 7 nitrogen and oxygen atoms in total. The second kappa shape index (κ2) is 11.2. The van der Waals surface area contributed by atoms with Gasteiger partial charge in [0.05, 0.1) is 16.1 Å². The number of nitrogens with one attached hydrogen (secondary N) is 1. The highest BCUT2D eigenvalue weighted by molar-refractivity contribution is 7.92. The van der Waals surface area contributed by atoms with Gasteiger partial charge in [0.15, 0.2) is 6.61 Å². The number of carbonyl (C=O) groups is 2. The van der Waals surface area contributed by atoms with Crippen LogP contribution in [0, 0.1) is 30.5 Å². The van der Waals surface area contributed by atoms with Crippen molar-refractivity contribution in [1.29, 1.82) is 0 Å². The van der Waals surface area contributed by atoms with E-state index in [9.17, 15) is 22.4 Å². The highest BCUT2D eigenvalue weighted by Gasteiger charge is 2.33. The fourth-order valence-electron chi connectivity index (χ4n) is 4.39. The minimum Gasteiger partial charge on any atom is -0.460 e. The third-order valence-electron chi connectivity index (χ3n) is 6.40. The van der Waals surface area contributed by atoms with E-state index in [2.05, 4.69) is 25.5 Å². The summed E-state index contributed by atoms with van der Waals surface area (Å²) in [6.45, 7) is 7.21. The standard InChI is InChI=1S/C26H32FNO6S/c1-16(2)20-11-9-17(3)13-24(20)34-25(29)15-33-26(30)21-7-5-6-8-23(21)28-35(31,32)19-10-12-22(27)18(4)14-19/h5-8,10,12,14,16-17,20,24,28H,9,11,13,15H2,1-4H3. The van der Waals surface area contributed by atoms with E-state index in [0.29, 0.717) is 11.8 Å². The highest BCUT2D eigenvalue weighted by Crippen LogP contribution is 2.35. The lowest BCUT2D eigenvalue weighted by atomic mass is 9.75. The molecule has 35 heavy (non-hydrogen) atoms. The molecule has 3 rings (SSSR count). The molecule has 0 spiro atoms. The zero-order valence-electron chi connectivity index (χ0n) is 20.4. The monoisotopic (exact) mass is 505 g/mol. The van der Waals surface area contributed by atoms with Crippen molar-refractivity contribution in [3.05, 3.63) is 59.4 Å². The summed E-state index contributed by atoms with van der Waals surface area (Å²) >= 11 is 0. The van der Waals surface area contributed by atoms with Crippen LogP contribution in [-0.2, 0) is 24.3 Å². The molecule has 0 aliphatic heterocycles. The number of esters is 2. The van der Waals surface area contributed by atoms with Gasteiger partial charge in [0.25, 0.3) is 10.0 Å². The third kappa shape index (κ3) is 6.81. The Bertz CT molecular complexity index is 1180. The predicted molar refractivity (Wildman–Crippen MR) is 130 cm³/mol. The number of aryl methyl sites for hydroxylation is 1. The molecular weight excluding hydrogens is 473 g/mol. The van der Waals surface area contributed by atoms with Crippen LogP contribution in [0.15, 0.2) is 47.4 Å². The minimum atomic E-state index is -4.09. The van der Waals surface area contributed by atoms with E-state index >= 15 is 0 Å². The van der Waals surface area contributed by atoms with Crippen molar-refractivity contribution < 1.29 is 31.9 Å². The van der Waals surface area contributed by atoms with Gasteiger partial charge in [-0.1, -0.05) is 39.3 Å². The quantitative estimate of drug-likeness (QED) is 0.502. The Balaban J connectivity index is 1.66. The van der Waals surface area contributed by atoms with Gasteiger partial charge in [0, 0.05) is 0 Å². The van der Waals surface area contributed by atoms with Crippen LogP contribution < -0.4 is 4.72 Å². The van der Waals surface area contributed by atoms with Gasteiger partial charge in [-0.15, -0.1) is 0 Å². The zero-order valence-corrected chi connectivity index (χ0v) is 21.2. The van der Waals surface area contributed by atoms with Gasteiger partial charge in [-0.05, 0) is 73.4 Å². The van der Waals surface area contributed by atoms with Gasteiger partial charge < -0.3 is 9.47 Å². The molecule has 1 aliphatic carbocycles. The number of carbonyl (C=O) groups excluding carboxylic acids is 2. The van der Waals surface area contributed by atoms with Crippen LogP contribution in [0.3, 0.4) is 0 Å². The third-order valence-corrected chi connectivity index (χ3v) is 7.76. The number of hydrogen-bond donors (Lipinski definition) is 1. The summed E-state index contributed by atoms with van der Waals surface area (Å²) in [5, 5.41) is 0. The van der Waals surface area contributed by atoms with Gasteiger partial charge in [0.1, 0.15) is 11.9 Å². The van der Waals surface area contributed by atoms with Crippen molar-refractivity contribution in [2.24, 2.45) is 17.8 Å². The number of anilines is 1. The summed E-state index contributed by atoms with van der Waals surface area (Å²) in [6.07, 6.45) is 2.63. The fourth-order valence-corrected chi connectivity index (χ4v) is 5.56. The van der Waals surface area contributed by atoms with E-state index in [0.717, 1.165) is 31.4 Å². The number of ether oxygens (including phenoxy) is 2. The molecule has 1 N–H and O–H groups in total. The molecule has 1 aliphatic rings. The molecule has 3 atom stereocenters. The molecular formula is C26H32FNO6S. The molecule has 2 aromatic carbocycles. The van der Waals surface area contributed by atoms with Gasteiger partial charge in [-0.3, -0.25) is 4.72 Å². The molecule has 1 fully saturated rings. The van der Waals surface area contributed by atoms with Crippen LogP contribution in [0.5, 0.6) is 0 Å². The topological polar surface area (TPSA) is 98.8 Å². The number of para-hydroxylation sites is 1. The molecule has 3 unspecified atom stereocenters. The summed E-state index contributed by atoms with van der Waals surface area (Å²) in [5.41, 5.74) is 0.0917. The number of halogens is 1. The molecule has 2 aromatic rings. The highest BCUT2D eigenvalue weighted by atomic mass is 32.2. The number of hydrogen-bond acceptors (Lipinski definition) is 6. The van der Waals surface area contributed by atoms with Gasteiger partial charge in [0.2, 0.25) is 0 Å². The molecule has 0 aromatic heterocycles. The number of sulfonamides is 1. The first-order chi connectivity index (χ1) is 16.5. The molecule has 9 heteroatoms. The lowest BCUT2D eigenvalue weighted by Gasteiger charge is -2.36. The van der Waals surface area contributed by atoms with Crippen LogP contribution in [0.2, 0.25) is 0 Å². The lowest BCUT2D eigenvalue weighted by Crippen LogP contribution is -2.36. The van der Waals surface area contributed by atoms with Crippen molar-refractivity contribution in [2.75, 3.05) is 11.3 Å². The molecule has 0 radical (unpaired) electrons. The summed E-state index contributed by atoms with van der Waals surface area (Å²) in [6, 6.07) is 9.29. The zero-order chi connectivity index (χ0) is 25.8. The first kappa shape index (κ1) is 26.7. The maximum Gasteiger partial charge on any atom is 0.344 e. The Labute approximate surface area is 206 Å². The Kier molecular flexibility index (Phi) is 8.53. The van der Waals surface area contributed by atoms with E-state index in [-0.39, 0.29) is 33.7 Å². The minimum absolute atomic E-state index is 0.0196. The SMILES string of the molecule is Cc1cc(S(=O)(=O)Nc2ccccc2C(=O)OCC(=O)OC2CC(C)CCC2C(C)C)ccc1F. The van der Waals surface area contributed by atoms with E-state index in [4.69, 9.17) is 9.47 Å². The van der Waals surface area contributed by atoms with E-state index in [1.807, 2.05) is 0 Å². The maximum absolute atomic E-state index is 13.5. The molecule has 190 valence electrons. The molecule has 0 amide bonds. The average Bonchev–Trinajstić information content (AvgIpc) is 2.79. The van der Waals surface area contributed by atoms with Crippen molar-refractivity contribution in [3.8, 4) is 0 Å². The fraction of sp³-hybridized carbons (Fsp3) is 0.462. The van der Waals surface area contributed by atoms with E-state index in [1.165, 1.54) is 25.1 Å². The van der Waals surface area contributed by atoms with Crippen LogP contribution in [0.25, 0.3) is 0 Å². The summed E-state index contributed by atoms with van der Waals surface area (Å²) in [7, 11) is -4.09. The molecule has 0 saturated heterocycles. The normalized spacial score (nSPS) is 20.3. The average molecular weight is 506 g/mol. The largest absolute Gasteiger partial charge is 0.460 e. The Morgan fingerprint density at radius 3 is 2.54 bits per heavy atom. The first-order valence-corrected chi connectivity index (χ1v) is 13.2. The number of rotatable bonds is 8. The molecule has 0 bridgehead atoms. The van der Waals surface area contributed by atoms with Crippen molar-refractivity contribution in [1.82, 2.24) is 0 Å². The van der Waals surface area contributed by atoms with Gasteiger partial charge >= 0.3 is 11.9 Å². The Hall–Kier alpha value is -2.94. The molecule has 1 saturated carbocycles. The van der Waals surface area contributed by atoms with Crippen LogP contribution in [0.4, 0.5) is 10.1 Å². The Morgan fingerprint density at radius 1 is 1.14 bits per heavy atom. The lowest BCUT2D eigenvalue weighted by molar-refractivity contribution is -0.159. The smallest absolute Gasteiger partial charge is 0.344 e. The molecule has 0 heterocycles. The number of benzene rings is 2. The maximum atomic E-state index is 13.5. The van der Waals surface area contributed by atoms with Crippen LogP contribution in [0.1, 0.15) is 56.0 Å². The van der Waals surface area contributed by atoms with E-state index in [1.54, 1.807) is 12.1 Å².